The number of hydrogen-bond donors (Lipinski definition) is 0. The van der Waals surface area contributed by atoms with Gasteiger partial charge in [0.25, 0.3) is 0 Å². The maximum Gasteiger partial charge on any atom is 0.235 e. The highest BCUT2D eigenvalue weighted by Gasteiger charge is 2.30. The Morgan fingerprint density at radius 3 is 2.79 bits per heavy atom. The molecule has 1 rings (SSSR count). The first-order valence-corrected chi connectivity index (χ1v) is 6.22. The van der Waals surface area contributed by atoms with Gasteiger partial charge in [-0.3, -0.25) is 0 Å². The molecule has 0 aliphatic carbocycles. The minimum Gasteiger partial charge on any atom is -0.228 e. The van der Waals surface area contributed by atoms with E-state index in [9.17, 15) is 13.2 Å². The van der Waals surface area contributed by atoms with Gasteiger partial charge in [0.1, 0.15) is 0 Å². The summed E-state index contributed by atoms with van der Waals surface area (Å²) < 4.78 is 23.2. The van der Waals surface area contributed by atoms with Crippen LogP contribution in [0.4, 0.5) is 0 Å². The van der Waals surface area contributed by atoms with Crippen molar-refractivity contribution in [2.45, 2.75) is 24.5 Å². The van der Waals surface area contributed by atoms with Gasteiger partial charge in [-0.2, -0.15) is 0 Å². The summed E-state index contributed by atoms with van der Waals surface area (Å²) in [6, 6.07) is 0. The molecule has 1 saturated heterocycles. The molecule has 1 fully saturated rings. The van der Waals surface area contributed by atoms with E-state index in [0.29, 0.717) is 12.0 Å². The van der Waals surface area contributed by atoms with Crippen molar-refractivity contribution in [3.8, 4) is 0 Å². The standard InChI is InChI=1S/C9H13NO3S/c1-8(6-10-7-11)9-4-2-3-5-14(9,12)13/h9H,1-6H2. The lowest BCUT2D eigenvalue weighted by Crippen LogP contribution is -2.30. The minimum atomic E-state index is -3.04. The topological polar surface area (TPSA) is 63.6 Å². The summed E-state index contributed by atoms with van der Waals surface area (Å²) in [7, 11) is -3.04. The van der Waals surface area contributed by atoms with Crippen molar-refractivity contribution in [1.82, 2.24) is 0 Å². The first kappa shape index (κ1) is 11.1. The Morgan fingerprint density at radius 2 is 2.21 bits per heavy atom. The van der Waals surface area contributed by atoms with Crippen LogP contribution in [-0.4, -0.2) is 32.0 Å². The minimum absolute atomic E-state index is 0.0768. The number of rotatable bonds is 3. The Bertz CT molecular complexity index is 366. The van der Waals surface area contributed by atoms with Crippen LogP contribution >= 0.6 is 0 Å². The third kappa shape index (κ3) is 2.53. The molecule has 0 radical (unpaired) electrons. The molecule has 78 valence electrons. The Morgan fingerprint density at radius 1 is 1.50 bits per heavy atom. The van der Waals surface area contributed by atoms with Gasteiger partial charge in [-0.15, -0.1) is 0 Å². The predicted molar refractivity (Wildman–Crippen MR) is 53.6 cm³/mol. The molecule has 0 aromatic rings. The average molecular weight is 215 g/mol. The molecular formula is C9H13NO3S. The van der Waals surface area contributed by atoms with Gasteiger partial charge in [0.05, 0.1) is 17.5 Å². The van der Waals surface area contributed by atoms with Crippen LogP contribution in [-0.2, 0) is 14.6 Å². The second-order valence-corrected chi connectivity index (χ2v) is 5.72. The molecule has 0 bridgehead atoms. The Hall–Kier alpha value is -0.930. The molecule has 0 aromatic carbocycles. The molecule has 1 unspecified atom stereocenters. The molecule has 0 spiro atoms. The van der Waals surface area contributed by atoms with Crippen molar-refractivity contribution < 1.29 is 13.2 Å². The maximum absolute atomic E-state index is 11.6. The quantitative estimate of drug-likeness (QED) is 0.398. The lowest BCUT2D eigenvalue weighted by Gasteiger charge is -2.22. The highest BCUT2D eigenvalue weighted by Crippen LogP contribution is 2.24. The van der Waals surface area contributed by atoms with E-state index >= 15 is 0 Å². The van der Waals surface area contributed by atoms with Crippen molar-refractivity contribution in [2.75, 3.05) is 12.3 Å². The van der Waals surface area contributed by atoms with Crippen molar-refractivity contribution >= 4 is 15.9 Å². The summed E-state index contributed by atoms with van der Waals surface area (Å²) in [4.78, 5) is 13.2. The molecule has 14 heavy (non-hydrogen) atoms. The maximum atomic E-state index is 11.6. The zero-order chi connectivity index (χ0) is 10.6. The summed E-state index contributed by atoms with van der Waals surface area (Å²) in [5.74, 6) is 0.224. The highest BCUT2D eigenvalue weighted by molar-refractivity contribution is 7.92. The second kappa shape index (κ2) is 4.53. The van der Waals surface area contributed by atoms with Gasteiger partial charge in [0.15, 0.2) is 9.84 Å². The molecule has 0 N–H and O–H groups in total. The molecule has 5 heteroatoms. The third-order valence-corrected chi connectivity index (χ3v) is 4.67. The number of nitrogens with zero attached hydrogens (tertiary/aromatic N) is 1. The van der Waals surface area contributed by atoms with Crippen LogP contribution in [0.2, 0.25) is 0 Å². The Kier molecular flexibility index (Phi) is 3.61. The monoisotopic (exact) mass is 215 g/mol. The summed E-state index contributed by atoms with van der Waals surface area (Å²) in [5, 5.41) is -0.506. The largest absolute Gasteiger partial charge is 0.235 e. The molecule has 1 aliphatic rings. The van der Waals surface area contributed by atoms with E-state index < -0.39 is 15.1 Å². The lowest BCUT2D eigenvalue weighted by atomic mass is 10.1. The molecule has 1 atom stereocenters. The summed E-state index contributed by atoms with van der Waals surface area (Å²) in [6.07, 6.45) is 3.61. The molecule has 0 saturated carbocycles. The highest BCUT2D eigenvalue weighted by atomic mass is 32.2. The van der Waals surface area contributed by atoms with Gasteiger partial charge < -0.3 is 0 Å². The fourth-order valence-corrected chi connectivity index (χ4v) is 3.65. The third-order valence-electron chi connectivity index (χ3n) is 2.38. The summed E-state index contributed by atoms with van der Waals surface area (Å²) in [6.45, 7) is 3.74. The molecule has 1 heterocycles. The second-order valence-electron chi connectivity index (χ2n) is 3.42. The van der Waals surface area contributed by atoms with Crippen LogP contribution in [0.5, 0.6) is 0 Å². The van der Waals surface area contributed by atoms with Gasteiger partial charge in [-0.05, 0) is 18.4 Å². The van der Waals surface area contributed by atoms with Crippen LogP contribution < -0.4 is 0 Å². The van der Waals surface area contributed by atoms with Gasteiger partial charge in [0.2, 0.25) is 6.08 Å². The van der Waals surface area contributed by atoms with Gasteiger partial charge in [-0.1, -0.05) is 13.0 Å². The van der Waals surface area contributed by atoms with Crippen molar-refractivity contribution in [2.24, 2.45) is 4.99 Å². The Balaban J connectivity index is 2.75. The lowest BCUT2D eigenvalue weighted by molar-refractivity contribution is 0.551. The summed E-state index contributed by atoms with van der Waals surface area (Å²) >= 11 is 0. The van der Waals surface area contributed by atoms with Crippen molar-refractivity contribution in [3.05, 3.63) is 12.2 Å². The SMILES string of the molecule is C=C(CN=C=O)C1CCCCS1(=O)=O. The zero-order valence-electron chi connectivity index (χ0n) is 7.90. The predicted octanol–water partition coefficient (Wildman–Crippen LogP) is 0.846. The van der Waals surface area contributed by atoms with E-state index in [0.717, 1.165) is 12.8 Å². The van der Waals surface area contributed by atoms with Crippen LogP contribution in [0, 0.1) is 0 Å². The molecule has 4 nitrogen and oxygen atoms in total. The Labute approximate surface area is 83.6 Å². The average Bonchev–Trinajstić information content (AvgIpc) is 2.13. The molecule has 1 aliphatic heterocycles. The van der Waals surface area contributed by atoms with Gasteiger partial charge in [-0.25, -0.2) is 18.2 Å². The van der Waals surface area contributed by atoms with Gasteiger partial charge >= 0.3 is 0 Å². The van der Waals surface area contributed by atoms with Crippen LogP contribution in [0.3, 0.4) is 0 Å². The number of isocyanates is 1. The molecule has 0 aromatic heterocycles. The molecule has 0 amide bonds. The zero-order valence-corrected chi connectivity index (χ0v) is 8.72. The number of sulfone groups is 1. The number of aliphatic imine (C=N–C) groups is 1. The fraction of sp³-hybridized carbons (Fsp3) is 0.667. The van der Waals surface area contributed by atoms with Crippen LogP contribution in [0.1, 0.15) is 19.3 Å². The number of hydrogen-bond acceptors (Lipinski definition) is 4. The first-order valence-electron chi connectivity index (χ1n) is 4.51. The van der Waals surface area contributed by atoms with Crippen molar-refractivity contribution in [3.63, 3.8) is 0 Å². The van der Waals surface area contributed by atoms with E-state index in [4.69, 9.17) is 0 Å². The van der Waals surface area contributed by atoms with Crippen LogP contribution in [0.25, 0.3) is 0 Å². The normalized spacial score (nSPS) is 25.0. The van der Waals surface area contributed by atoms with E-state index in [1.54, 1.807) is 0 Å². The van der Waals surface area contributed by atoms with Gasteiger partial charge in [0, 0.05) is 0 Å². The smallest absolute Gasteiger partial charge is 0.228 e. The van der Waals surface area contributed by atoms with Crippen LogP contribution in [0.15, 0.2) is 17.1 Å². The van der Waals surface area contributed by atoms with E-state index in [-0.39, 0.29) is 12.3 Å². The van der Waals surface area contributed by atoms with E-state index in [1.807, 2.05) is 0 Å². The fourth-order valence-electron chi connectivity index (χ4n) is 1.65. The summed E-state index contributed by atoms with van der Waals surface area (Å²) in [5.41, 5.74) is 0.507. The van der Waals surface area contributed by atoms with Crippen molar-refractivity contribution in [1.29, 1.82) is 0 Å². The molecular weight excluding hydrogens is 202 g/mol. The van der Waals surface area contributed by atoms with E-state index in [2.05, 4.69) is 11.6 Å². The first-order chi connectivity index (χ1) is 6.58. The number of carbonyl (C=O) groups excluding carboxylic acids is 1. The van der Waals surface area contributed by atoms with E-state index in [1.165, 1.54) is 6.08 Å².